The molecule has 6 aromatic rings. The highest BCUT2D eigenvalue weighted by Crippen LogP contribution is 2.67. The second-order valence-corrected chi connectivity index (χ2v) is 13.7. The molecule has 11 heteroatoms. The lowest BCUT2D eigenvalue weighted by Crippen LogP contribution is -2.48. The summed E-state index contributed by atoms with van der Waals surface area (Å²) in [7, 11) is 1.38. The molecule has 0 amide bonds. The standard InChI is InChI=1S/C32H22F6O2S3/c1-15-23-21(12-13-22-24(23)17-8-4-6-10-19(17)41-22)43-28(15)27-26(30(33,34)32(37,38)31(27,35)36)25-18-9-5-7-11-20(18)42-29(25)16(2)40-14-39-3/h4-13,16H,14H2,1-3H3. The van der Waals surface area contributed by atoms with E-state index in [2.05, 4.69) is 0 Å². The van der Waals surface area contributed by atoms with Crippen LogP contribution < -0.4 is 0 Å². The molecule has 0 saturated heterocycles. The fourth-order valence-corrected chi connectivity index (χ4v) is 9.64. The molecule has 3 aromatic heterocycles. The third-order valence-electron chi connectivity index (χ3n) is 8.00. The summed E-state index contributed by atoms with van der Waals surface area (Å²) in [6, 6.07) is 17.6. The van der Waals surface area contributed by atoms with Crippen molar-refractivity contribution in [1.82, 2.24) is 0 Å². The Morgan fingerprint density at radius 1 is 0.698 bits per heavy atom. The molecular weight excluding hydrogens is 627 g/mol. The lowest BCUT2D eigenvalue weighted by molar-refractivity contribution is -0.254. The van der Waals surface area contributed by atoms with E-state index in [4.69, 9.17) is 9.47 Å². The fourth-order valence-electron chi connectivity index (χ4n) is 6.01. The van der Waals surface area contributed by atoms with E-state index in [1.807, 2.05) is 30.3 Å². The van der Waals surface area contributed by atoms with Gasteiger partial charge in [-0.2, -0.15) is 26.3 Å². The smallest absolute Gasteiger partial charge is 0.359 e. The minimum absolute atomic E-state index is 0.143. The Kier molecular flexibility index (Phi) is 6.54. The number of fused-ring (bicyclic) bond motifs is 6. The van der Waals surface area contributed by atoms with Crippen LogP contribution in [0.3, 0.4) is 0 Å². The molecule has 43 heavy (non-hydrogen) atoms. The summed E-state index contributed by atoms with van der Waals surface area (Å²) in [5.74, 6) is -16.0. The Bertz CT molecular complexity index is 2100. The SMILES string of the molecule is COCOC(C)c1sc2ccccc2c1C1=C(c2sc3ccc4sc5ccccc5c4c3c2C)C(F)(F)C(F)(F)C1(F)F. The summed E-state index contributed by atoms with van der Waals surface area (Å²) in [5.41, 5.74) is -2.77. The number of halogens is 6. The first-order chi connectivity index (χ1) is 20.4. The summed E-state index contributed by atoms with van der Waals surface area (Å²) in [6.07, 6.45) is -0.903. The molecule has 0 bridgehead atoms. The number of hydrogen-bond acceptors (Lipinski definition) is 5. The maximum absolute atomic E-state index is 16.1. The summed E-state index contributed by atoms with van der Waals surface area (Å²) < 4.78 is 109. The van der Waals surface area contributed by atoms with Crippen molar-refractivity contribution in [2.45, 2.75) is 37.7 Å². The Morgan fingerprint density at radius 2 is 1.28 bits per heavy atom. The first-order valence-corrected chi connectivity index (χ1v) is 15.7. The van der Waals surface area contributed by atoms with Crippen LogP contribution in [0.5, 0.6) is 0 Å². The number of methoxy groups -OCH3 is 1. The first kappa shape index (κ1) is 28.8. The quantitative estimate of drug-likeness (QED) is 0.132. The van der Waals surface area contributed by atoms with Crippen molar-refractivity contribution in [1.29, 1.82) is 0 Å². The van der Waals surface area contributed by atoms with Crippen molar-refractivity contribution in [3.63, 3.8) is 0 Å². The van der Waals surface area contributed by atoms with Crippen LogP contribution in [0.4, 0.5) is 26.3 Å². The lowest BCUT2D eigenvalue weighted by atomic mass is 9.93. The number of alkyl halides is 6. The van der Waals surface area contributed by atoms with Gasteiger partial charge in [0.05, 0.1) is 11.7 Å². The van der Waals surface area contributed by atoms with Gasteiger partial charge in [0.1, 0.15) is 6.79 Å². The number of thiophene rings is 3. The van der Waals surface area contributed by atoms with Gasteiger partial charge >= 0.3 is 17.8 Å². The van der Waals surface area contributed by atoms with Gasteiger partial charge < -0.3 is 9.47 Å². The molecule has 1 atom stereocenters. The Morgan fingerprint density at radius 3 is 1.95 bits per heavy atom. The van der Waals surface area contributed by atoms with Crippen molar-refractivity contribution >= 4 is 85.5 Å². The fraction of sp³-hybridized carbons (Fsp3) is 0.250. The highest BCUT2D eigenvalue weighted by Gasteiger charge is 2.80. The third kappa shape index (κ3) is 3.84. The van der Waals surface area contributed by atoms with Gasteiger partial charge in [-0.3, -0.25) is 0 Å². The molecule has 3 aromatic carbocycles. The normalized spacial score (nSPS) is 18.5. The van der Waals surface area contributed by atoms with Gasteiger partial charge in [0.2, 0.25) is 0 Å². The van der Waals surface area contributed by atoms with Gasteiger partial charge in [0, 0.05) is 68.3 Å². The van der Waals surface area contributed by atoms with Crippen molar-refractivity contribution in [3.8, 4) is 0 Å². The van der Waals surface area contributed by atoms with Gasteiger partial charge in [0.15, 0.2) is 0 Å². The van der Waals surface area contributed by atoms with Crippen molar-refractivity contribution in [2.75, 3.05) is 13.9 Å². The lowest BCUT2D eigenvalue weighted by Gasteiger charge is -2.26. The molecule has 1 unspecified atom stereocenters. The van der Waals surface area contributed by atoms with Gasteiger partial charge in [-0.25, -0.2) is 0 Å². The Hall–Kier alpha value is -2.96. The number of allylic oxidation sites excluding steroid dienone is 2. The zero-order valence-corrected chi connectivity index (χ0v) is 25.3. The van der Waals surface area contributed by atoms with E-state index in [9.17, 15) is 0 Å². The third-order valence-corrected chi connectivity index (χ3v) is 11.7. The molecule has 222 valence electrons. The van der Waals surface area contributed by atoms with E-state index in [-0.39, 0.29) is 33.1 Å². The summed E-state index contributed by atoms with van der Waals surface area (Å²) in [5, 5.41) is 2.46. The molecule has 0 radical (unpaired) electrons. The summed E-state index contributed by atoms with van der Waals surface area (Å²) in [6.45, 7) is 2.90. The second kappa shape index (κ2) is 9.77. The average Bonchev–Trinajstić information content (AvgIpc) is 3.66. The zero-order valence-electron chi connectivity index (χ0n) is 22.9. The molecule has 0 fully saturated rings. The van der Waals surface area contributed by atoms with Crippen LogP contribution in [0.1, 0.15) is 33.9 Å². The number of hydrogen-bond donors (Lipinski definition) is 0. The van der Waals surface area contributed by atoms with Crippen LogP contribution in [0.25, 0.3) is 51.5 Å². The second-order valence-electron chi connectivity index (χ2n) is 10.5. The van der Waals surface area contributed by atoms with E-state index in [0.29, 0.717) is 14.8 Å². The molecule has 3 heterocycles. The minimum Gasteiger partial charge on any atom is -0.359 e. The monoisotopic (exact) mass is 648 g/mol. The predicted octanol–water partition coefficient (Wildman–Crippen LogP) is 11.3. The van der Waals surface area contributed by atoms with E-state index in [0.717, 1.165) is 42.8 Å². The molecule has 0 N–H and O–H groups in total. The van der Waals surface area contributed by atoms with Crippen molar-refractivity contribution in [2.24, 2.45) is 0 Å². The highest BCUT2D eigenvalue weighted by molar-refractivity contribution is 7.26. The van der Waals surface area contributed by atoms with Crippen LogP contribution in [-0.4, -0.2) is 31.7 Å². The first-order valence-electron chi connectivity index (χ1n) is 13.3. The molecule has 2 nitrogen and oxygen atoms in total. The summed E-state index contributed by atoms with van der Waals surface area (Å²) >= 11 is 3.41. The minimum atomic E-state index is -5.67. The molecule has 0 saturated carbocycles. The van der Waals surface area contributed by atoms with E-state index < -0.39 is 35.0 Å². The van der Waals surface area contributed by atoms with Gasteiger partial charge in [-0.15, -0.1) is 34.0 Å². The molecule has 0 aliphatic heterocycles. The molecule has 0 spiro atoms. The molecule has 1 aliphatic carbocycles. The summed E-state index contributed by atoms with van der Waals surface area (Å²) in [4.78, 5) is -0.134. The van der Waals surface area contributed by atoms with Crippen LogP contribution in [0.15, 0.2) is 60.7 Å². The van der Waals surface area contributed by atoms with Gasteiger partial charge in [-0.1, -0.05) is 36.4 Å². The zero-order chi connectivity index (χ0) is 30.5. The number of rotatable bonds is 6. The maximum atomic E-state index is 16.1. The maximum Gasteiger partial charge on any atom is 0.380 e. The predicted molar refractivity (Wildman–Crippen MR) is 164 cm³/mol. The van der Waals surface area contributed by atoms with Crippen molar-refractivity contribution in [3.05, 3.63) is 81.5 Å². The number of ether oxygens (including phenoxy) is 2. The topological polar surface area (TPSA) is 18.5 Å². The van der Waals surface area contributed by atoms with Gasteiger partial charge in [-0.05, 0) is 43.7 Å². The van der Waals surface area contributed by atoms with Crippen LogP contribution in [0, 0.1) is 6.92 Å². The Balaban J connectivity index is 1.62. The van der Waals surface area contributed by atoms with E-state index in [1.165, 1.54) is 24.5 Å². The van der Waals surface area contributed by atoms with Crippen molar-refractivity contribution < 1.29 is 35.8 Å². The van der Waals surface area contributed by atoms with Crippen LogP contribution in [-0.2, 0) is 9.47 Å². The van der Waals surface area contributed by atoms with Crippen LogP contribution in [0.2, 0.25) is 0 Å². The number of benzene rings is 3. The Labute approximate surface area is 253 Å². The van der Waals surface area contributed by atoms with Crippen LogP contribution >= 0.6 is 34.0 Å². The van der Waals surface area contributed by atoms with E-state index >= 15 is 26.3 Å². The molecule has 7 rings (SSSR count). The number of aryl methyl sites for hydroxylation is 1. The highest BCUT2D eigenvalue weighted by atomic mass is 32.1. The molecule has 1 aliphatic rings. The largest absolute Gasteiger partial charge is 0.380 e. The molecular formula is C32H22F6O2S3. The van der Waals surface area contributed by atoms with Gasteiger partial charge in [0.25, 0.3) is 0 Å². The van der Waals surface area contributed by atoms with E-state index in [1.54, 1.807) is 38.1 Å². The average molecular weight is 649 g/mol.